The standard InChI is InChI=1S/C19H18O4/c1-2-21-16-7-5-15(6-8-16)17(20)9-3-14-4-10-18-19(13-14)23-12-11-22-18/h3-10,13H,2,11-12H2,1H3/b9-3-. The van der Waals surface area contributed by atoms with Crippen molar-refractivity contribution in [2.75, 3.05) is 19.8 Å². The number of rotatable bonds is 5. The number of allylic oxidation sites excluding steroid dienone is 1. The maximum absolute atomic E-state index is 12.2. The molecule has 4 heteroatoms. The molecule has 0 aliphatic carbocycles. The van der Waals surface area contributed by atoms with E-state index in [1.165, 1.54) is 0 Å². The molecule has 0 amide bonds. The fourth-order valence-corrected chi connectivity index (χ4v) is 2.31. The van der Waals surface area contributed by atoms with Gasteiger partial charge in [-0.1, -0.05) is 12.1 Å². The molecule has 0 fully saturated rings. The van der Waals surface area contributed by atoms with Crippen molar-refractivity contribution in [1.29, 1.82) is 0 Å². The molecule has 1 aliphatic rings. The van der Waals surface area contributed by atoms with Crippen LogP contribution >= 0.6 is 0 Å². The third kappa shape index (κ3) is 3.72. The third-order valence-corrected chi connectivity index (χ3v) is 3.44. The Morgan fingerprint density at radius 1 is 1.09 bits per heavy atom. The zero-order valence-corrected chi connectivity index (χ0v) is 13.0. The van der Waals surface area contributed by atoms with Crippen molar-refractivity contribution in [2.24, 2.45) is 0 Å². The third-order valence-electron chi connectivity index (χ3n) is 3.44. The van der Waals surface area contributed by atoms with Gasteiger partial charge in [0, 0.05) is 5.56 Å². The molecule has 0 bridgehead atoms. The molecule has 0 unspecified atom stereocenters. The molecule has 0 saturated carbocycles. The topological polar surface area (TPSA) is 44.8 Å². The van der Waals surface area contributed by atoms with Gasteiger partial charge in [0.15, 0.2) is 17.3 Å². The van der Waals surface area contributed by atoms with Crippen molar-refractivity contribution < 1.29 is 19.0 Å². The van der Waals surface area contributed by atoms with Gasteiger partial charge >= 0.3 is 0 Å². The summed E-state index contributed by atoms with van der Waals surface area (Å²) in [6, 6.07) is 12.8. The number of benzene rings is 2. The van der Waals surface area contributed by atoms with Crippen LogP contribution in [0.15, 0.2) is 48.5 Å². The van der Waals surface area contributed by atoms with Crippen molar-refractivity contribution in [3.8, 4) is 17.2 Å². The van der Waals surface area contributed by atoms with E-state index in [-0.39, 0.29) is 5.78 Å². The van der Waals surface area contributed by atoms with E-state index in [2.05, 4.69) is 0 Å². The Labute approximate surface area is 135 Å². The van der Waals surface area contributed by atoms with Crippen LogP contribution in [0, 0.1) is 0 Å². The van der Waals surface area contributed by atoms with Gasteiger partial charge in [-0.3, -0.25) is 4.79 Å². The lowest BCUT2D eigenvalue weighted by Crippen LogP contribution is -2.15. The van der Waals surface area contributed by atoms with Gasteiger partial charge in [0.2, 0.25) is 0 Å². The first-order chi connectivity index (χ1) is 11.3. The molecule has 0 aromatic heterocycles. The second kappa shape index (κ2) is 7.01. The van der Waals surface area contributed by atoms with Gasteiger partial charge in [-0.2, -0.15) is 0 Å². The first-order valence-electron chi connectivity index (χ1n) is 7.61. The summed E-state index contributed by atoms with van der Waals surface area (Å²) < 4.78 is 16.4. The number of carbonyl (C=O) groups excluding carboxylic acids is 1. The van der Waals surface area contributed by atoms with E-state index in [0.29, 0.717) is 31.1 Å². The molecular formula is C19H18O4. The Morgan fingerprint density at radius 3 is 2.57 bits per heavy atom. The summed E-state index contributed by atoms with van der Waals surface area (Å²) in [5.74, 6) is 2.17. The molecule has 0 atom stereocenters. The smallest absolute Gasteiger partial charge is 0.185 e. The van der Waals surface area contributed by atoms with Crippen molar-refractivity contribution in [1.82, 2.24) is 0 Å². The molecule has 1 aliphatic heterocycles. The summed E-state index contributed by atoms with van der Waals surface area (Å²) in [4.78, 5) is 12.2. The molecule has 3 rings (SSSR count). The predicted octanol–water partition coefficient (Wildman–Crippen LogP) is 3.75. The molecule has 118 valence electrons. The Balaban J connectivity index is 1.70. The molecule has 0 saturated heterocycles. The van der Waals surface area contributed by atoms with Crippen LogP contribution in [0.25, 0.3) is 6.08 Å². The minimum atomic E-state index is -0.0528. The second-order valence-corrected chi connectivity index (χ2v) is 5.06. The van der Waals surface area contributed by atoms with Crippen LogP contribution in [-0.4, -0.2) is 25.6 Å². The van der Waals surface area contributed by atoms with E-state index >= 15 is 0 Å². The lowest BCUT2D eigenvalue weighted by molar-refractivity contribution is 0.104. The van der Waals surface area contributed by atoms with Crippen LogP contribution in [0.4, 0.5) is 0 Å². The average molecular weight is 310 g/mol. The first kappa shape index (κ1) is 15.2. The zero-order chi connectivity index (χ0) is 16.1. The lowest BCUT2D eigenvalue weighted by Gasteiger charge is -2.18. The first-order valence-corrected chi connectivity index (χ1v) is 7.61. The van der Waals surface area contributed by atoms with Gasteiger partial charge in [-0.15, -0.1) is 0 Å². The molecule has 2 aromatic carbocycles. The Bertz CT molecular complexity index is 717. The SMILES string of the molecule is CCOc1ccc(C(=O)/C=C\c2ccc3c(c2)OCCO3)cc1. The van der Waals surface area contributed by atoms with Crippen LogP contribution in [0.5, 0.6) is 17.2 Å². The van der Waals surface area contributed by atoms with Crippen LogP contribution < -0.4 is 14.2 Å². The van der Waals surface area contributed by atoms with Crippen molar-refractivity contribution in [2.45, 2.75) is 6.92 Å². The number of fused-ring (bicyclic) bond motifs is 1. The molecule has 2 aromatic rings. The van der Waals surface area contributed by atoms with E-state index in [4.69, 9.17) is 14.2 Å². The van der Waals surface area contributed by atoms with E-state index in [1.807, 2.05) is 25.1 Å². The number of hydrogen-bond donors (Lipinski definition) is 0. The van der Waals surface area contributed by atoms with Crippen molar-refractivity contribution >= 4 is 11.9 Å². The summed E-state index contributed by atoms with van der Waals surface area (Å²) in [6.07, 6.45) is 3.33. The van der Waals surface area contributed by atoms with Gasteiger partial charge in [0.1, 0.15) is 19.0 Å². The monoisotopic (exact) mass is 310 g/mol. The average Bonchev–Trinajstić information content (AvgIpc) is 2.60. The van der Waals surface area contributed by atoms with Gasteiger partial charge in [0.05, 0.1) is 6.61 Å². The number of ether oxygens (including phenoxy) is 3. The van der Waals surface area contributed by atoms with Gasteiger partial charge in [-0.05, 0) is 55.0 Å². The highest BCUT2D eigenvalue weighted by atomic mass is 16.6. The molecular weight excluding hydrogens is 292 g/mol. The molecule has 4 nitrogen and oxygen atoms in total. The van der Waals surface area contributed by atoms with E-state index in [1.54, 1.807) is 36.4 Å². The van der Waals surface area contributed by atoms with Crippen molar-refractivity contribution in [3.05, 3.63) is 59.7 Å². The minimum Gasteiger partial charge on any atom is -0.494 e. The number of hydrogen-bond acceptors (Lipinski definition) is 4. The Hall–Kier alpha value is -2.75. The maximum atomic E-state index is 12.2. The fourth-order valence-electron chi connectivity index (χ4n) is 2.31. The van der Waals surface area contributed by atoms with E-state index in [9.17, 15) is 4.79 Å². The number of carbonyl (C=O) groups is 1. The minimum absolute atomic E-state index is 0.0528. The van der Waals surface area contributed by atoms with Crippen LogP contribution in [0.1, 0.15) is 22.8 Å². The highest BCUT2D eigenvalue weighted by molar-refractivity contribution is 6.06. The maximum Gasteiger partial charge on any atom is 0.185 e. The lowest BCUT2D eigenvalue weighted by atomic mass is 10.1. The molecule has 1 heterocycles. The summed E-state index contributed by atoms with van der Waals surface area (Å²) in [5, 5.41) is 0. The van der Waals surface area contributed by atoms with Gasteiger partial charge < -0.3 is 14.2 Å². The Kier molecular flexibility index (Phi) is 4.62. The Morgan fingerprint density at radius 2 is 1.83 bits per heavy atom. The van der Waals surface area contributed by atoms with Gasteiger partial charge in [-0.25, -0.2) is 0 Å². The normalized spacial score (nSPS) is 13.1. The summed E-state index contributed by atoms with van der Waals surface area (Å²) in [6.45, 7) is 3.65. The highest BCUT2D eigenvalue weighted by Gasteiger charge is 2.11. The molecule has 0 spiro atoms. The number of ketones is 1. The zero-order valence-electron chi connectivity index (χ0n) is 13.0. The van der Waals surface area contributed by atoms with E-state index in [0.717, 1.165) is 17.1 Å². The summed E-state index contributed by atoms with van der Waals surface area (Å²) in [7, 11) is 0. The second-order valence-electron chi connectivity index (χ2n) is 5.06. The summed E-state index contributed by atoms with van der Waals surface area (Å²) in [5.41, 5.74) is 1.52. The van der Waals surface area contributed by atoms with Crippen LogP contribution in [0.2, 0.25) is 0 Å². The predicted molar refractivity (Wildman–Crippen MR) is 88.4 cm³/mol. The molecule has 23 heavy (non-hydrogen) atoms. The fraction of sp³-hybridized carbons (Fsp3) is 0.211. The largest absolute Gasteiger partial charge is 0.494 e. The van der Waals surface area contributed by atoms with Crippen molar-refractivity contribution in [3.63, 3.8) is 0 Å². The van der Waals surface area contributed by atoms with Gasteiger partial charge in [0.25, 0.3) is 0 Å². The molecule has 0 N–H and O–H groups in total. The van der Waals surface area contributed by atoms with E-state index < -0.39 is 0 Å². The summed E-state index contributed by atoms with van der Waals surface area (Å²) >= 11 is 0. The molecule has 0 radical (unpaired) electrons. The van der Waals surface area contributed by atoms with Crippen LogP contribution in [-0.2, 0) is 0 Å². The quantitative estimate of drug-likeness (QED) is 0.623. The van der Waals surface area contributed by atoms with Crippen LogP contribution in [0.3, 0.4) is 0 Å². The highest BCUT2D eigenvalue weighted by Crippen LogP contribution is 2.31.